The first-order chi connectivity index (χ1) is 10.8. The highest BCUT2D eigenvalue weighted by molar-refractivity contribution is 5.56. The zero-order valence-electron chi connectivity index (χ0n) is 14.3. The highest BCUT2D eigenvalue weighted by Crippen LogP contribution is 2.54. The van der Waals surface area contributed by atoms with Crippen LogP contribution in [0.15, 0.2) is 22.9 Å². The molecule has 2 N–H and O–H groups in total. The lowest BCUT2D eigenvalue weighted by atomic mass is 9.55. The van der Waals surface area contributed by atoms with Gasteiger partial charge in [0, 0.05) is 5.92 Å². The Morgan fingerprint density at radius 2 is 1.87 bits per heavy atom. The van der Waals surface area contributed by atoms with E-state index in [1.807, 2.05) is 6.92 Å². The van der Waals surface area contributed by atoms with E-state index in [0.717, 1.165) is 18.4 Å². The lowest BCUT2D eigenvalue weighted by molar-refractivity contribution is 0.141. The maximum Gasteiger partial charge on any atom is 0.187 e. The number of rotatable bonds is 1. The summed E-state index contributed by atoms with van der Waals surface area (Å²) in [6, 6.07) is 6.45. The van der Waals surface area contributed by atoms with Crippen LogP contribution in [0.2, 0.25) is 0 Å². The molecule has 3 atom stereocenters. The van der Waals surface area contributed by atoms with Gasteiger partial charge in [-0.2, -0.15) is 15.8 Å². The van der Waals surface area contributed by atoms with Crippen molar-refractivity contribution in [3.8, 4) is 18.2 Å². The van der Waals surface area contributed by atoms with E-state index in [4.69, 9.17) is 5.73 Å². The summed E-state index contributed by atoms with van der Waals surface area (Å²) >= 11 is 0. The number of fused-ring (bicyclic) bond motifs is 1. The zero-order chi connectivity index (χ0) is 17.4. The summed E-state index contributed by atoms with van der Waals surface area (Å²) in [4.78, 5) is 0. The van der Waals surface area contributed by atoms with Gasteiger partial charge in [0.2, 0.25) is 0 Å². The van der Waals surface area contributed by atoms with Crippen molar-refractivity contribution in [3.05, 3.63) is 22.9 Å². The normalized spacial score (nSPS) is 29.6. The number of nitriles is 3. The summed E-state index contributed by atoms with van der Waals surface area (Å²) in [7, 11) is 0. The van der Waals surface area contributed by atoms with Crippen molar-refractivity contribution >= 4 is 0 Å². The maximum absolute atomic E-state index is 9.73. The van der Waals surface area contributed by atoms with E-state index >= 15 is 0 Å². The minimum Gasteiger partial charge on any atom is -0.399 e. The van der Waals surface area contributed by atoms with Gasteiger partial charge in [0.15, 0.2) is 5.41 Å². The van der Waals surface area contributed by atoms with Gasteiger partial charge in [-0.15, -0.1) is 0 Å². The van der Waals surface area contributed by atoms with Gasteiger partial charge in [-0.1, -0.05) is 33.8 Å². The van der Waals surface area contributed by atoms with Gasteiger partial charge >= 0.3 is 0 Å². The van der Waals surface area contributed by atoms with Gasteiger partial charge in [0.1, 0.15) is 6.07 Å². The van der Waals surface area contributed by atoms with E-state index in [0.29, 0.717) is 17.9 Å². The van der Waals surface area contributed by atoms with Crippen LogP contribution in [0.3, 0.4) is 0 Å². The Hall–Kier alpha value is -2.25. The second-order valence-electron chi connectivity index (χ2n) is 7.75. The van der Waals surface area contributed by atoms with Crippen LogP contribution in [0, 0.1) is 62.6 Å². The first-order valence-corrected chi connectivity index (χ1v) is 8.20. The molecule has 2 aliphatic rings. The third-order valence-corrected chi connectivity index (χ3v) is 5.71. The van der Waals surface area contributed by atoms with Gasteiger partial charge in [-0.05, 0) is 42.1 Å². The Balaban J connectivity index is 2.66. The first kappa shape index (κ1) is 17.1. The molecule has 0 spiro atoms. The van der Waals surface area contributed by atoms with E-state index in [9.17, 15) is 15.8 Å². The van der Waals surface area contributed by atoms with Crippen molar-refractivity contribution in [2.45, 2.75) is 47.0 Å². The molecule has 120 valence electrons. The number of allylic oxidation sites excluding steroid dienone is 4. The van der Waals surface area contributed by atoms with Crippen LogP contribution in [0.5, 0.6) is 0 Å². The molecular formula is C19H24N4. The third kappa shape index (κ3) is 2.42. The maximum atomic E-state index is 9.73. The largest absolute Gasteiger partial charge is 0.399 e. The van der Waals surface area contributed by atoms with Gasteiger partial charge < -0.3 is 5.73 Å². The predicted molar refractivity (Wildman–Crippen MR) is 88.0 cm³/mol. The molecule has 2 aliphatic carbocycles. The number of hydrogen-bond donors (Lipinski definition) is 1. The van der Waals surface area contributed by atoms with Gasteiger partial charge in [-0.3, -0.25) is 0 Å². The standard InChI is InChI=1S/C19H24N4/c1-5-16-14-8-12(18(2,3)4)6-7-13(14)15(9-20)17(23)19(16,10-21)11-22/h7,12,14,16H,5-6,8,23H2,1-4H3. The molecule has 3 unspecified atom stereocenters. The molecule has 0 aromatic heterocycles. The Kier molecular flexibility index (Phi) is 4.28. The number of hydrogen-bond acceptors (Lipinski definition) is 4. The Morgan fingerprint density at radius 1 is 1.26 bits per heavy atom. The summed E-state index contributed by atoms with van der Waals surface area (Å²) in [6.45, 7) is 8.66. The highest BCUT2D eigenvalue weighted by atomic mass is 14.7. The second kappa shape index (κ2) is 5.75. The minimum atomic E-state index is -1.39. The first-order valence-electron chi connectivity index (χ1n) is 8.20. The van der Waals surface area contributed by atoms with E-state index in [2.05, 4.69) is 45.1 Å². The molecule has 0 aromatic rings. The van der Waals surface area contributed by atoms with Gasteiger partial charge in [0.25, 0.3) is 0 Å². The lowest BCUT2D eigenvalue weighted by Gasteiger charge is -2.46. The molecule has 0 heterocycles. The topological polar surface area (TPSA) is 97.4 Å². The van der Waals surface area contributed by atoms with Crippen LogP contribution in [0.25, 0.3) is 0 Å². The number of nitrogens with zero attached hydrogens (tertiary/aromatic N) is 3. The molecule has 0 amide bonds. The Labute approximate surface area is 138 Å². The molecule has 0 aromatic carbocycles. The summed E-state index contributed by atoms with van der Waals surface area (Å²) in [5, 5.41) is 29.0. The van der Waals surface area contributed by atoms with E-state index in [1.54, 1.807) is 0 Å². The van der Waals surface area contributed by atoms with Crippen molar-refractivity contribution in [3.63, 3.8) is 0 Å². The Morgan fingerprint density at radius 3 is 2.30 bits per heavy atom. The smallest absolute Gasteiger partial charge is 0.187 e. The summed E-state index contributed by atoms with van der Waals surface area (Å²) in [6.07, 6.45) is 4.63. The zero-order valence-corrected chi connectivity index (χ0v) is 14.3. The van der Waals surface area contributed by atoms with Crippen molar-refractivity contribution in [1.82, 2.24) is 0 Å². The molecule has 0 saturated heterocycles. The van der Waals surface area contributed by atoms with Crippen molar-refractivity contribution in [2.24, 2.45) is 34.3 Å². The molecule has 0 radical (unpaired) electrons. The van der Waals surface area contributed by atoms with Crippen LogP contribution in [-0.2, 0) is 0 Å². The lowest BCUT2D eigenvalue weighted by Crippen LogP contribution is -2.45. The fraction of sp³-hybridized carbons (Fsp3) is 0.632. The average molecular weight is 308 g/mol. The quantitative estimate of drug-likeness (QED) is 0.796. The van der Waals surface area contributed by atoms with E-state index < -0.39 is 5.41 Å². The molecule has 0 saturated carbocycles. The monoisotopic (exact) mass is 308 g/mol. The Bertz CT molecular complexity index is 671. The van der Waals surface area contributed by atoms with Crippen LogP contribution < -0.4 is 5.73 Å². The fourth-order valence-corrected chi connectivity index (χ4v) is 4.21. The second-order valence-corrected chi connectivity index (χ2v) is 7.75. The molecule has 4 nitrogen and oxygen atoms in total. The minimum absolute atomic E-state index is 0.0548. The summed E-state index contributed by atoms with van der Waals surface area (Å²) < 4.78 is 0. The van der Waals surface area contributed by atoms with Crippen LogP contribution >= 0.6 is 0 Å². The van der Waals surface area contributed by atoms with Crippen LogP contribution in [0.4, 0.5) is 0 Å². The number of nitrogens with two attached hydrogens (primary N) is 1. The molecule has 0 fully saturated rings. The van der Waals surface area contributed by atoms with E-state index in [-0.39, 0.29) is 22.9 Å². The van der Waals surface area contributed by atoms with Crippen molar-refractivity contribution in [2.75, 3.05) is 0 Å². The molecule has 0 bridgehead atoms. The molecule has 4 heteroatoms. The van der Waals surface area contributed by atoms with E-state index in [1.165, 1.54) is 0 Å². The molecule has 0 aliphatic heterocycles. The summed E-state index contributed by atoms with van der Waals surface area (Å²) in [5.74, 6) is 0.366. The SMILES string of the molecule is CCC1C2CC(C(C)(C)C)CC=C2C(C#N)=C(N)C1(C#N)C#N. The van der Waals surface area contributed by atoms with Crippen LogP contribution in [0.1, 0.15) is 47.0 Å². The molecule has 23 heavy (non-hydrogen) atoms. The molecule has 2 rings (SSSR count). The van der Waals surface area contributed by atoms with Crippen molar-refractivity contribution < 1.29 is 0 Å². The average Bonchev–Trinajstić information content (AvgIpc) is 2.52. The van der Waals surface area contributed by atoms with Crippen molar-refractivity contribution in [1.29, 1.82) is 15.8 Å². The van der Waals surface area contributed by atoms with Gasteiger partial charge in [0.05, 0.1) is 23.4 Å². The third-order valence-electron chi connectivity index (χ3n) is 5.71. The van der Waals surface area contributed by atoms with Crippen LogP contribution in [-0.4, -0.2) is 0 Å². The highest BCUT2D eigenvalue weighted by Gasteiger charge is 2.53. The summed E-state index contributed by atoms with van der Waals surface area (Å²) in [5.41, 5.74) is 6.38. The molecular weight excluding hydrogens is 284 g/mol. The fourth-order valence-electron chi connectivity index (χ4n) is 4.21. The van der Waals surface area contributed by atoms with Gasteiger partial charge in [-0.25, -0.2) is 0 Å². The predicted octanol–water partition coefficient (Wildman–Crippen LogP) is 3.79.